The summed E-state index contributed by atoms with van der Waals surface area (Å²) < 4.78 is 44.6. The van der Waals surface area contributed by atoms with Gasteiger partial charge in [0.1, 0.15) is 24.4 Å². The quantitative estimate of drug-likeness (QED) is 0.136. The number of fused-ring (bicyclic) bond motifs is 5. The van der Waals surface area contributed by atoms with Gasteiger partial charge < -0.3 is 32.8 Å². The molecule has 0 amide bonds. The Labute approximate surface area is 353 Å². The molecule has 0 aromatic heterocycles. The normalized spacial score (nSPS) is 36.7. The molecule has 2 aromatic carbocycles. The largest absolute Gasteiger partial charge is 0.462 e. The minimum Gasteiger partial charge on any atom is -0.462 e. The van der Waals surface area contributed by atoms with Crippen molar-refractivity contribution in [2.75, 3.05) is 21.3 Å². The summed E-state index contributed by atoms with van der Waals surface area (Å²) in [7, 11) is 2.00. The number of allylic oxidation sites excluding steroid dienone is 4. The van der Waals surface area contributed by atoms with Crippen molar-refractivity contribution in [3.63, 3.8) is 0 Å². The maximum Gasteiger partial charge on any atom is 0.306 e. The zero-order valence-corrected chi connectivity index (χ0v) is 37.7. The highest BCUT2D eigenvalue weighted by atomic mass is 28.4. The number of Topliss-reactive ketones (excluding diaryl/α,β-unsaturated/α-hetero) is 1. The van der Waals surface area contributed by atoms with E-state index < -0.39 is 26.6 Å². The van der Waals surface area contributed by atoms with Gasteiger partial charge in [0.15, 0.2) is 12.1 Å². The lowest BCUT2D eigenvalue weighted by Crippen LogP contribution is -2.68. The van der Waals surface area contributed by atoms with Crippen LogP contribution in [0.1, 0.15) is 86.5 Å². The predicted molar refractivity (Wildman–Crippen MR) is 231 cm³/mol. The smallest absolute Gasteiger partial charge is 0.306 e. The number of rotatable bonds is 10. The molecule has 59 heavy (non-hydrogen) atoms. The fraction of sp³-hybridized carbons (Fsp3) is 0.633. The number of carbonyl (C=O) groups is 2. The van der Waals surface area contributed by atoms with E-state index in [1.807, 2.05) is 6.92 Å². The van der Waals surface area contributed by atoms with E-state index in [-0.39, 0.29) is 89.4 Å². The van der Waals surface area contributed by atoms with Gasteiger partial charge in [-0.25, -0.2) is 0 Å². The molecule has 10 heteroatoms. The van der Waals surface area contributed by atoms with Gasteiger partial charge in [-0.3, -0.25) is 9.59 Å². The number of hydrogen-bond acceptors (Lipinski definition) is 9. The van der Waals surface area contributed by atoms with Crippen LogP contribution in [-0.2, 0) is 42.4 Å². The van der Waals surface area contributed by atoms with Crippen molar-refractivity contribution in [2.24, 2.45) is 35.5 Å². The Balaban J connectivity index is 1.20. The standard InChI is InChI=1S/C49H68O9Si/c1-10-33-18-17-23-42(58-59(49(4,5)6,35-19-13-11-14-20-35)36-21-15-12-16-22-36)30(2)44(51)41-28-39-37(40(41)29-43(50)56-33)25-24-32-26-34(27-38(32)39)57-48-47(54-9)46(53-8)45(52-7)31(3)55-48/h11-16,19-22,24-25,28,30-34,37-40,42,45-48H,10,17-18,23,26-27,29H2,1-9H3/t30-,31-,32-,33+,34-,37-,38-,39-,40-,42+,45+,46+,47+,48+/m1/s1. The first-order valence-electron chi connectivity index (χ1n) is 22.2. The molecule has 2 heterocycles. The molecule has 2 aromatic rings. The lowest BCUT2D eigenvalue weighted by Gasteiger charge is -2.46. The number of carbonyl (C=O) groups excluding carboxylic acids is 2. The van der Waals surface area contributed by atoms with Crippen LogP contribution in [0, 0.1) is 35.5 Å². The molecule has 3 fully saturated rings. The molecular formula is C49H68O9Si. The van der Waals surface area contributed by atoms with E-state index in [1.165, 1.54) is 10.4 Å². The van der Waals surface area contributed by atoms with Crippen LogP contribution < -0.4 is 10.4 Å². The Morgan fingerprint density at radius 1 is 0.797 bits per heavy atom. The third-order valence-electron chi connectivity index (χ3n) is 14.4. The van der Waals surface area contributed by atoms with Crippen LogP contribution in [0.3, 0.4) is 0 Å². The van der Waals surface area contributed by atoms with Crippen LogP contribution in [-0.4, -0.2) is 90.4 Å². The highest BCUT2D eigenvalue weighted by Gasteiger charge is 2.55. The van der Waals surface area contributed by atoms with Crippen molar-refractivity contribution in [1.29, 1.82) is 0 Å². The first kappa shape index (κ1) is 44.1. The lowest BCUT2D eigenvalue weighted by molar-refractivity contribution is -0.314. The molecule has 1 saturated carbocycles. The maximum atomic E-state index is 15.3. The number of ether oxygens (including phenoxy) is 6. The Morgan fingerprint density at radius 3 is 2.03 bits per heavy atom. The summed E-state index contributed by atoms with van der Waals surface area (Å²) in [6.07, 6.45) is 9.16. The van der Waals surface area contributed by atoms with Gasteiger partial charge in [-0.2, -0.15) is 0 Å². The van der Waals surface area contributed by atoms with E-state index in [9.17, 15) is 4.79 Å². The topological polar surface area (TPSA) is 98.8 Å². The van der Waals surface area contributed by atoms with E-state index >= 15 is 4.79 Å². The lowest BCUT2D eigenvalue weighted by atomic mass is 9.70. The summed E-state index contributed by atoms with van der Waals surface area (Å²) in [5.74, 6) is -0.153. The second-order valence-electron chi connectivity index (χ2n) is 18.8. The predicted octanol–water partition coefficient (Wildman–Crippen LogP) is 7.59. The van der Waals surface area contributed by atoms with Gasteiger partial charge in [0.25, 0.3) is 8.32 Å². The average Bonchev–Trinajstić information content (AvgIpc) is 3.81. The van der Waals surface area contributed by atoms with Crippen LogP contribution in [0.2, 0.25) is 5.04 Å². The second-order valence-corrected chi connectivity index (χ2v) is 23.0. The molecule has 0 radical (unpaired) electrons. The van der Waals surface area contributed by atoms with Crippen molar-refractivity contribution in [3.05, 3.63) is 84.5 Å². The molecule has 2 saturated heterocycles. The second kappa shape index (κ2) is 18.6. The SMILES string of the molecule is CC[C@H]1CCC[C@H](O[Si](c2ccccc2)(c2ccccc2)C(C)(C)C)[C@@H](C)C(=O)C2=C[C@@H]3[C@@H](C=C[C@@H]4C[C@@H](O[C@@H]5O[C@H](C)[C@H](OC)[C@H](OC)[C@@H]5OC)C[C@@H]34)[C@H]2CC(=O)O1. The summed E-state index contributed by atoms with van der Waals surface area (Å²) in [6.45, 7) is 13.0. The molecule has 9 nitrogen and oxygen atoms in total. The molecular weight excluding hydrogens is 761 g/mol. The minimum absolute atomic E-state index is 0.0192. The Hall–Kier alpha value is -2.96. The van der Waals surface area contributed by atoms with Crippen LogP contribution in [0.25, 0.3) is 0 Å². The molecule has 2 aliphatic heterocycles. The average molecular weight is 829 g/mol. The summed E-state index contributed by atoms with van der Waals surface area (Å²) in [6, 6.07) is 21.4. The fourth-order valence-corrected chi connectivity index (χ4v) is 16.2. The zero-order valence-electron chi connectivity index (χ0n) is 36.7. The first-order valence-corrected chi connectivity index (χ1v) is 24.1. The number of cyclic esters (lactones) is 1. The van der Waals surface area contributed by atoms with Gasteiger partial charge in [-0.15, -0.1) is 0 Å². The van der Waals surface area contributed by atoms with Gasteiger partial charge in [-0.1, -0.05) is 114 Å². The monoisotopic (exact) mass is 828 g/mol. The van der Waals surface area contributed by atoms with Crippen molar-refractivity contribution in [3.8, 4) is 0 Å². The minimum atomic E-state index is -2.98. The van der Waals surface area contributed by atoms with Crippen molar-refractivity contribution in [2.45, 2.75) is 141 Å². The molecule has 14 atom stereocenters. The highest BCUT2D eigenvalue weighted by Crippen LogP contribution is 2.54. The van der Waals surface area contributed by atoms with Gasteiger partial charge in [0, 0.05) is 33.2 Å². The molecule has 0 N–H and O–H groups in total. The maximum absolute atomic E-state index is 15.3. The van der Waals surface area contributed by atoms with Crippen LogP contribution >= 0.6 is 0 Å². The van der Waals surface area contributed by atoms with Gasteiger partial charge in [-0.05, 0) is 90.1 Å². The summed E-state index contributed by atoms with van der Waals surface area (Å²) in [5.41, 5.74) is 0.765. The van der Waals surface area contributed by atoms with E-state index in [0.717, 1.165) is 37.7 Å². The molecule has 0 unspecified atom stereocenters. The third-order valence-corrected chi connectivity index (χ3v) is 19.5. The van der Waals surface area contributed by atoms with Gasteiger partial charge in [0.05, 0.1) is 24.7 Å². The number of benzene rings is 2. The molecule has 322 valence electrons. The third kappa shape index (κ3) is 8.62. The summed E-state index contributed by atoms with van der Waals surface area (Å²) in [5, 5.41) is 2.16. The number of ketones is 1. The zero-order chi connectivity index (χ0) is 42.1. The van der Waals surface area contributed by atoms with E-state index in [4.69, 9.17) is 32.8 Å². The van der Waals surface area contributed by atoms with Crippen molar-refractivity contribution >= 4 is 30.4 Å². The highest BCUT2D eigenvalue weighted by molar-refractivity contribution is 6.99. The number of methoxy groups -OCH3 is 3. The van der Waals surface area contributed by atoms with Gasteiger partial charge in [0.2, 0.25) is 0 Å². The Bertz CT molecular complexity index is 1750. The molecule has 0 bridgehead atoms. The number of hydrogen-bond donors (Lipinski definition) is 0. The van der Waals surface area contributed by atoms with Crippen LogP contribution in [0.4, 0.5) is 0 Å². The van der Waals surface area contributed by atoms with Crippen molar-refractivity contribution < 1.29 is 42.4 Å². The van der Waals surface area contributed by atoms with Crippen molar-refractivity contribution in [1.82, 2.24) is 0 Å². The summed E-state index contributed by atoms with van der Waals surface area (Å²) >= 11 is 0. The Kier molecular flexibility index (Phi) is 13.9. The first-order chi connectivity index (χ1) is 28.3. The fourth-order valence-electron chi connectivity index (χ4n) is 11.4. The molecule has 7 rings (SSSR count). The molecule has 5 aliphatic rings. The summed E-state index contributed by atoms with van der Waals surface area (Å²) in [4.78, 5) is 29.0. The number of esters is 1. The Morgan fingerprint density at radius 2 is 1.44 bits per heavy atom. The van der Waals surface area contributed by atoms with E-state index in [0.29, 0.717) is 6.42 Å². The molecule has 0 spiro atoms. The van der Waals surface area contributed by atoms with Crippen LogP contribution in [0.15, 0.2) is 84.5 Å². The molecule has 3 aliphatic carbocycles. The van der Waals surface area contributed by atoms with Gasteiger partial charge >= 0.3 is 5.97 Å². The van der Waals surface area contributed by atoms with Crippen LogP contribution in [0.5, 0.6) is 0 Å². The van der Waals surface area contributed by atoms with E-state index in [2.05, 4.69) is 114 Å². The van der Waals surface area contributed by atoms with E-state index in [1.54, 1.807) is 21.3 Å².